The number of thiocarbonyl (C=S) groups is 1. The molecule has 3 rings (SSSR count). The Bertz CT molecular complexity index is 1210. The molecule has 0 spiro atoms. The SMILES string of the molecule is CC(=O)Nc1ccc(C(O)C(=NNC(N)=S)c2nc3ccc(Cl)cc3[nH]c2=O)cc1. The number of aromatic nitrogens is 2. The summed E-state index contributed by atoms with van der Waals surface area (Å²) in [6, 6.07) is 11.2. The van der Waals surface area contributed by atoms with Gasteiger partial charge in [-0.3, -0.25) is 15.0 Å². The number of halogens is 1. The van der Waals surface area contributed by atoms with Gasteiger partial charge in [0, 0.05) is 17.6 Å². The van der Waals surface area contributed by atoms with Crippen LogP contribution in [0, 0.1) is 0 Å². The van der Waals surface area contributed by atoms with Crippen molar-refractivity contribution in [2.45, 2.75) is 13.0 Å². The molecule has 9 nitrogen and oxygen atoms in total. The van der Waals surface area contributed by atoms with Gasteiger partial charge in [0.05, 0.1) is 11.0 Å². The van der Waals surface area contributed by atoms with Crippen LogP contribution in [-0.2, 0) is 4.79 Å². The molecule has 1 aromatic heterocycles. The molecule has 0 fully saturated rings. The molecule has 0 saturated heterocycles. The maximum atomic E-state index is 12.6. The van der Waals surface area contributed by atoms with Crippen molar-refractivity contribution in [2.75, 3.05) is 5.32 Å². The van der Waals surface area contributed by atoms with Crippen LogP contribution in [0.3, 0.4) is 0 Å². The Balaban J connectivity index is 2.06. The molecule has 11 heteroatoms. The number of nitrogens with two attached hydrogens (primary N) is 1. The van der Waals surface area contributed by atoms with Crippen molar-refractivity contribution in [2.24, 2.45) is 10.8 Å². The van der Waals surface area contributed by atoms with Crippen molar-refractivity contribution in [3.63, 3.8) is 0 Å². The largest absolute Gasteiger partial charge is 0.382 e. The zero-order valence-electron chi connectivity index (χ0n) is 15.6. The Morgan fingerprint density at radius 2 is 2.00 bits per heavy atom. The van der Waals surface area contributed by atoms with Gasteiger partial charge in [-0.05, 0) is 48.1 Å². The molecule has 1 heterocycles. The van der Waals surface area contributed by atoms with Gasteiger partial charge < -0.3 is 21.1 Å². The molecule has 0 saturated carbocycles. The highest BCUT2D eigenvalue weighted by molar-refractivity contribution is 7.80. The number of carbonyl (C=O) groups excluding carboxylic acids is 1. The van der Waals surface area contributed by atoms with Gasteiger partial charge in [0.1, 0.15) is 11.8 Å². The van der Waals surface area contributed by atoms with Crippen LogP contribution in [0.25, 0.3) is 11.0 Å². The van der Waals surface area contributed by atoms with E-state index in [1.807, 2.05) is 0 Å². The van der Waals surface area contributed by atoms with Crippen molar-refractivity contribution in [3.05, 3.63) is 69.1 Å². The Labute approximate surface area is 181 Å². The van der Waals surface area contributed by atoms with Crippen LogP contribution < -0.4 is 22.0 Å². The molecule has 154 valence electrons. The highest BCUT2D eigenvalue weighted by Gasteiger charge is 2.23. The maximum Gasteiger partial charge on any atom is 0.276 e. The molecule has 30 heavy (non-hydrogen) atoms. The summed E-state index contributed by atoms with van der Waals surface area (Å²) in [6.07, 6.45) is -1.34. The predicted molar refractivity (Wildman–Crippen MR) is 120 cm³/mol. The average Bonchev–Trinajstić information content (AvgIpc) is 2.68. The van der Waals surface area contributed by atoms with Gasteiger partial charge in [0.2, 0.25) is 5.91 Å². The van der Waals surface area contributed by atoms with Gasteiger partial charge in [-0.25, -0.2) is 4.98 Å². The van der Waals surface area contributed by atoms with E-state index in [0.29, 0.717) is 27.3 Å². The Morgan fingerprint density at radius 1 is 1.30 bits per heavy atom. The number of hydrogen-bond acceptors (Lipinski definition) is 6. The number of benzene rings is 2. The number of anilines is 1. The number of nitrogens with zero attached hydrogens (tertiary/aromatic N) is 2. The second-order valence-electron chi connectivity index (χ2n) is 6.25. The number of carbonyl (C=O) groups is 1. The third kappa shape index (κ3) is 4.98. The van der Waals surface area contributed by atoms with Crippen LogP contribution in [0.15, 0.2) is 52.4 Å². The molecule has 2 aromatic carbocycles. The van der Waals surface area contributed by atoms with Crippen molar-refractivity contribution < 1.29 is 9.90 Å². The number of aromatic amines is 1. The number of amides is 1. The predicted octanol–water partition coefficient (Wildman–Crippen LogP) is 1.81. The topological polar surface area (TPSA) is 145 Å². The van der Waals surface area contributed by atoms with Gasteiger partial charge in [-0.1, -0.05) is 23.7 Å². The molecule has 0 bridgehead atoms. The molecule has 0 aliphatic carbocycles. The lowest BCUT2D eigenvalue weighted by Gasteiger charge is -2.15. The van der Waals surface area contributed by atoms with Crippen molar-refractivity contribution >= 4 is 57.3 Å². The first-order valence-electron chi connectivity index (χ1n) is 8.63. The van der Waals surface area contributed by atoms with Crippen LogP contribution in [0.5, 0.6) is 0 Å². The highest BCUT2D eigenvalue weighted by Crippen LogP contribution is 2.21. The number of aliphatic hydroxyl groups is 1. The number of hydrogen-bond donors (Lipinski definition) is 5. The zero-order chi connectivity index (χ0) is 21.8. The van der Waals surface area contributed by atoms with Crippen LogP contribution in [0.4, 0.5) is 5.69 Å². The lowest BCUT2D eigenvalue weighted by Crippen LogP contribution is -2.31. The van der Waals surface area contributed by atoms with Crippen LogP contribution in [0.1, 0.15) is 24.3 Å². The third-order valence-electron chi connectivity index (χ3n) is 3.99. The van der Waals surface area contributed by atoms with Crippen LogP contribution in [0.2, 0.25) is 5.02 Å². The maximum absolute atomic E-state index is 12.6. The van der Waals surface area contributed by atoms with E-state index >= 15 is 0 Å². The van der Waals surface area contributed by atoms with E-state index in [2.05, 4.69) is 25.8 Å². The normalized spacial score (nSPS) is 12.4. The molecule has 6 N–H and O–H groups in total. The van der Waals surface area contributed by atoms with Gasteiger partial charge >= 0.3 is 0 Å². The Morgan fingerprint density at radius 3 is 2.63 bits per heavy atom. The molecule has 1 unspecified atom stereocenters. The number of hydrazone groups is 1. The minimum Gasteiger partial charge on any atom is -0.382 e. The lowest BCUT2D eigenvalue weighted by atomic mass is 10.0. The molecule has 1 atom stereocenters. The second kappa shape index (κ2) is 8.99. The first-order valence-corrected chi connectivity index (χ1v) is 9.42. The molecule has 0 aliphatic heterocycles. The summed E-state index contributed by atoms with van der Waals surface area (Å²) in [5, 5.41) is 17.8. The fraction of sp³-hybridized carbons (Fsp3) is 0.105. The van der Waals surface area contributed by atoms with Gasteiger partial charge in [0.25, 0.3) is 5.56 Å². The number of fused-ring (bicyclic) bond motifs is 1. The second-order valence-corrected chi connectivity index (χ2v) is 7.13. The van der Waals surface area contributed by atoms with E-state index in [0.717, 1.165) is 0 Å². The number of H-pyrrole nitrogens is 1. The molecule has 0 aliphatic rings. The van der Waals surface area contributed by atoms with Crippen molar-refractivity contribution in [3.8, 4) is 0 Å². The van der Waals surface area contributed by atoms with Crippen LogP contribution in [-0.4, -0.2) is 31.8 Å². The fourth-order valence-corrected chi connectivity index (χ4v) is 2.92. The third-order valence-corrected chi connectivity index (χ3v) is 4.32. The summed E-state index contributed by atoms with van der Waals surface area (Å²) in [5.41, 5.74) is 8.88. The highest BCUT2D eigenvalue weighted by atomic mass is 35.5. The number of aliphatic hydroxyl groups excluding tert-OH is 1. The lowest BCUT2D eigenvalue weighted by molar-refractivity contribution is -0.114. The van der Waals surface area contributed by atoms with Crippen LogP contribution >= 0.6 is 23.8 Å². The quantitative estimate of drug-likeness (QED) is 0.229. The van der Waals surface area contributed by atoms with Gasteiger partial charge in [-0.2, -0.15) is 5.10 Å². The van der Waals surface area contributed by atoms with Crippen molar-refractivity contribution in [1.29, 1.82) is 0 Å². The fourth-order valence-electron chi connectivity index (χ4n) is 2.70. The summed E-state index contributed by atoms with van der Waals surface area (Å²) in [4.78, 5) is 30.8. The first kappa shape index (κ1) is 21.4. The summed E-state index contributed by atoms with van der Waals surface area (Å²) in [6.45, 7) is 1.39. The van der Waals surface area contributed by atoms with E-state index in [1.54, 1.807) is 42.5 Å². The summed E-state index contributed by atoms with van der Waals surface area (Å²) in [5.74, 6) is -0.224. The minimum absolute atomic E-state index is 0.0897. The molecular weight excluding hydrogens is 428 g/mol. The smallest absolute Gasteiger partial charge is 0.276 e. The molecular formula is C19H17ClN6O3S. The minimum atomic E-state index is -1.34. The summed E-state index contributed by atoms with van der Waals surface area (Å²) in [7, 11) is 0. The Hall–Kier alpha value is -3.34. The van der Waals surface area contributed by atoms with E-state index < -0.39 is 11.7 Å². The zero-order valence-corrected chi connectivity index (χ0v) is 17.2. The monoisotopic (exact) mass is 444 g/mol. The van der Waals surface area contributed by atoms with E-state index in [-0.39, 0.29) is 22.4 Å². The number of nitrogens with one attached hydrogen (secondary N) is 3. The first-order chi connectivity index (χ1) is 14.2. The van der Waals surface area contributed by atoms with E-state index in [1.165, 1.54) is 6.92 Å². The van der Waals surface area contributed by atoms with E-state index in [4.69, 9.17) is 29.6 Å². The van der Waals surface area contributed by atoms with Crippen molar-refractivity contribution in [1.82, 2.24) is 15.4 Å². The molecule has 0 radical (unpaired) electrons. The number of rotatable bonds is 5. The summed E-state index contributed by atoms with van der Waals surface area (Å²) < 4.78 is 0. The average molecular weight is 445 g/mol. The molecule has 1 amide bonds. The van der Waals surface area contributed by atoms with Gasteiger partial charge in [-0.15, -0.1) is 0 Å². The molecule has 3 aromatic rings. The summed E-state index contributed by atoms with van der Waals surface area (Å²) >= 11 is 10.7. The Kier molecular flexibility index (Phi) is 6.40. The standard InChI is InChI=1S/C19H17ClN6O3S/c1-9(27)22-12-5-2-10(3-6-12)17(28)15(25-26-19(21)30)16-18(29)24-14-8-11(20)4-7-13(14)23-16/h2-8,17,28H,1H3,(H,22,27)(H,24,29)(H3,21,26,30). The van der Waals surface area contributed by atoms with E-state index in [9.17, 15) is 14.7 Å². The van der Waals surface area contributed by atoms with Gasteiger partial charge in [0.15, 0.2) is 10.8 Å².